The fraction of sp³-hybridized carbons (Fsp3) is 0.848. The molecule has 0 heterocycles. The Hall–Kier alpha value is -2.03. The van der Waals surface area contributed by atoms with Gasteiger partial charge in [-0.2, -0.15) is 0 Å². The van der Waals surface area contributed by atoms with Crippen molar-refractivity contribution in [1.29, 1.82) is 0 Å². The van der Waals surface area contributed by atoms with E-state index in [1.165, 1.54) is 238 Å². The first kappa shape index (κ1) is 74.0. The van der Waals surface area contributed by atoms with Crippen molar-refractivity contribution in [2.24, 2.45) is 5.73 Å². The van der Waals surface area contributed by atoms with Crippen molar-refractivity contribution in [2.45, 2.75) is 335 Å². The number of carbonyl (C=O) groups excluding carboxylic acids is 2. The maximum absolute atomic E-state index is 12.7. The average molecular weight is 1090 g/mol. The summed E-state index contributed by atoms with van der Waals surface area (Å²) in [5.41, 5.74) is 5.39. The highest BCUT2D eigenvalue weighted by molar-refractivity contribution is 7.47. The number of unbranched alkanes of at least 4 members (excludes halogenated alkanes) is 41. The van der Waals surface area contributed by atoms with Gasteiger partial charge in [-0.25, -0.2) is 4.57 Å². The van der Waals surface area contributed by atoms with E-state index >= 15 is 0 Å². The third-order valence-electron chi connectivity index (χ3n) is 14.4. The Labute approximate surface area is 470 Å². The van der Waals surface area contributed by atoms with Gasteiger partial charge in [0, 0.05) is 19.4 Å². The first-order valence-electron chi connectivity index (χ1n) is 32.6. The number of nitrogens with two attached hydrogens (primary N) is 1. The number of esters is 2. The summed E-state index contributed by atoms with van der Waals surface area (Å²) in [7, 11) is -4.39. The number of hydrogen-bond acceptors (Lipinski definition) is 8. The highest BCUT2D eigenvalue weighted by Gasteiger charge is 2.26. The van der Waals surface area contributed by atoms with Crippen LogP contribution in [0.25, 0.3) is 0 Å². The topological polar surface area (TPSA) is 134 Å². The summed E-state index contributed by atoms with van der Waals surface area (Å²) in [5.74, 6) is -0.822. The second-order valence-corrected chi connectivity index (χ2v) is 23.4. The molecule has 0 fully saturated rings. The van der Waals surface area contributed by atoms with Gasteiger partial charge in [-0.15, -0.1) is 0 Å². The monoisotopic (exact) mass is 1090 g/mol. The summed E-state index contributed by atoms with van der Waals surface area (Å²) in [5, 5.41) is 0. The molecule has 0 spiro atoms. The van der Waals surface area contributed by atoms with E-state index in [1.807, 2.05) is 0 Å². The lowest BCUT2D eigenvalue weighted by atomic mass is 10.0. The zero-order valence-corrected chi connectivity index (χ0v) is 50.9. The SMILES string of the molecule is CCCCCC/C=C\C/C=C\CCCCCCCCCC(=O)OCC(COP(=O)(O)OCCN)OC(=O)CCCCCCCCCCCCCCCCCCCCCCCCCCC/C=C\C/C=C\CCCCCCC. The van der Waals surface area contributed by atoms with Gasteiger partial charge in [0.1, 0.15) is 6.61 Å². The minimum atomic E-state index is -4.39. The Kier molecular flexibility index (Phi) is 60.5. The minimum absolute atomic E-state index is 0.0532. The molecule has 10 heteroatoms. The van der Waals surface area contributed by atoms with Gasteiger partial charge >= 0.3 is 19.8 Å². The zero-order valence-electron chi connectivity index (χ0n) is 50.0. The van der Waals surface area contributed by atoms with Crippen molar-refractivity contribution in [3.8, 4) is 0 Å². The lowest BCUT2D eigenvalue weighted by molar-refractivity contribution is -0.161. The molecule has 0 amide bonds. The van der Waals surface area contributed by atoms with Crippen LogP contribution in [-0.2, 0) is 32.7 Å². The standard InChI is InChI=1S/C66H124NO8P/c1-3-5-7-9-11-13-15-17-19-21-23-24-25-26-27-28-29-30-31-32-33-34-35-36-37-38-39-40-41-43-45-47-49-51-53-55-57-59-66(69)75-64(63-74-76(70,71)73-61-60-67)62-72-65(68)58-56-54-52-50-48-46-44-42-22-20-18-16-14-12-10-8-6-4-2/h14-17,20-23,64H,3-13,18-19,24-63,67H2,1-2H3,(H,70,71)/b16-14-,17-15-,22-20-,23-21-. The van der Waals surface area contributed by atoms with E-state index in [2.05, 4.69) is 62.5 Å². The normalized spacial score (nSPS) is 13.3. The molecule has 0 saturated carbocycles. The number of phosphoric acid groups is 1. The van der Waals surface area contributed by atoms with Crippen molar-refractivity contribution in [1.82, 2.24) is 0 Å². The van der Waals surface area contributed by atoms with Crippen LogP contribution in [-0.4, -0.2) is 49.3 Å². The van der Waals surface area contributed by atoms with Crippen LogP contribution in [0.3, 0.4) is 0 Å². The van der Waals surface area contributed by atoms with Crippen LogP contribution < -0.4 is 5.73 Å². The highest BCUT2D eigenvalue weighted by Crippen LogP contribution is 2.43. The highest BCUT2D eigenvalue weighted by atomic mass is 31.2. The number of ether oxygens (including phenoxy) is 2. The fourth-order valence-corrected chi connectivity index (χ4v) is 10.3. The number of carbonyl (C=O) groups is 2. The van der Waals surface area contributed by atoms with Gasteiger partial charge in [0.2, 0.25) is 0 Å². The Morgan fingerprint density at radius 3 is 1.01 bits per heavy atom. The van der Waals surface area contributed by atoms with Gasteiger partial charge in [0.05, 0.1) is 13.2 Å². The molecule has 9 nitrogen and oxygen atoms in total. The van der Waals surface area contributed by atoms with Crippen molar-refractivity contribution < 1.29 is 37.6 Å². The largest absolute Gasteiger partial charge is 0.472 e. The Morgan fingerprint density at radius 1 is 0.395 bits per heavy atom. The van der Waals surface area contributed by atoms with Gasteiger partial charge in [-0.1, -0.05) is 287 Å². The van der Waals surface area contributed by atoms with E-state index in [9.17, 15) is 19.0 Å². The molecule has 0 bridgehead atoms. The predicted octanol–water partition coefficient (Wildman–Crippen LogP) is 20.9. The van der Waals surface area contributed by atoms with Crippen LogP contribution in [0.2, 0.25) is 0 Å². The van der Waals surface area contributed by atoms with E-state index in [-0.39, 0.29) is 38.6 Å². The van der Waals surface area contributed by atoms with Gasteiger partial charge in [-0.05, 0) is 77.0 Å². The van der Waals surface area contributed by atoms with Crippen molar-refractivity contribution in [2.75, 3.05) is 26.4 Å². The predicted molar refractivity (Wildman–Crippen MR) is 326 cm³/mol. The summed E-state index contributed by atoms with van der Waals surface area (Å²) in [6.45, 7) is 3.75. The summed E-state index contributed by atoms with van der Waals surface area (Å²) >= 11 is 0. The molecule has 0 aromatic rings. The first-order valence-corrected chi connectivity index (χ1v) is 34.1. The third kappa shape index (κ3) is 61.2. The second kappa shape index (κ2) is 62.2. The van der Waals surface area contributed by atoms with E-state index < -0.39 is 26.5 Å². The molecule has 2 unspecified atom stereocenters. The summed E-state index contributed by atoms with van der Waals surface area (Å²) in [4.78, 5) is 35.2. The molecule has 0 saturated heterocycles. The molecule has 0 aliphatic carbocycles. The Balaban J connectivity index is 3.80. The number of phosphoric ester groups is 1. The molecule has 2 atom stereocenters. The lowest BCUT2D eigenvalue weighted by Crippen LogP contribution is -2.29. The second-order valence-electron chi connectivity index (χ2n) is 22.0. The van der Waals surface area contributed by atoms with Gasteiger partial charge in [0.15, 0.2) is 6.10 Å². The zero-order chi connectivity index (χ0) is 55.2. The molecule has 446 valence electrons. The van der Waals surface area contributed by atoms with E-state index in [1.54, 1.807) is 0 Å². The molecule has 0 aliphatic rings. The van der Waals surface area contributed by atoms with Crippen LogP contribution in [0.15, 0.2) is 48.6 Å². The quantitative estimate of drug-likeness (QED) is 0.0264. The molecule has 0 aromatic carbocycles. The molecule has 0 aromatic heterocycles. The van der Waals surface area contributed by atoms with Gasteiger partial charge in [0.25, 0.3) is 0 Å². The van der Waals surface area contributed by atoms with Crippen LogP contribution in [0.1, 0.15) is 328 Å². The summed E-state index contributed by atoms with van der Waals surface area (Å²) in [6, 6.07) is 0. The van der Waals surface area contributed by atoms with Crippen molar-refractivity contribution >= 4 is 19.8 Å². The van der Waals surface area contributed by atoms with E-state index in [0.717, 1.165) is 57.8 Å². The Bertz CT molecular complexity index is 1380. The molecule has 3 N–H and O–H groups in total. The van der Waals surface area contributed by atoms with Gasteiger partial charge < -0.3 is 20.1 Å². The van der Waals surface area contributed by atoms with Crippen LogP contribution in [0.5, 0.6) is 0 Å². The van der Waals surface area contributed by atoms with Crippen LogP contribution in [0.4, 0.5) is 0 Å². The number of hydrogen-bond donors (Lipinski definition) is 2. The average Bonchev–Trinajstić information content (AvgIpc) is 3.41. The fourth-order valence-electron chi connectivity index (χ4n) is 9.58. The van der Waals surface area contributed by atoms with E-state index in [0.29, 0.717) is 6.42 Å². The van der Waals surface area contributed by atoms with Crippen LogP contribution in [0, 0.1) is 0 Å². The number of allylic oxidation sites excluding steroid dienone is 8. The lowest BCUT2D eigenvalue weighted by Gasteiger charge is -2.19. The van der Waals surface area contributed by atoms with Crippen molar-refractivity contribution in [3.05, 3.63) is 48.6 Å². The maximum atomic E-state index is 12.7. The van der Waals surface area contributed by atoms with Crippen molar-refractivity contribution in [3.63, 3.8) is 0 Å². The van der Waals surface area contributed by atoms with E-state index in [4.69, 9.17) is 24.3 Å². The molecule has 0 rings (SSSR count). The van der Waals surface area contributed by atoms with Gasteiger partial charge in [-0.3, -0.25) is 18.6 Å². The molecule has 0 radical (unpaired) electrons. The Morgan fingerprint density at radius 2 is 0.684 bits per heavy atom. The third-order valence-corrected chi connectivity index (χ3v) is 15.4. The number of rotatable bonds is 62. The molecule has 0 aliphatic heterocycles. The smallest absolute Gasteiger partial charge is 0.462 e. The maximum Gasteiger partial charge on any atom is 0.472 e. The molecule has 76 heavy (non-hydrogen) atoms. The summed E-state index contributed by atoms with van der Waals surface area (Å²) in [6.07, 6.45) is 77.7. The minimum Gasteiger partial charge on any atom is -0.462 e. The first-order chi connectivity index (χ1) is 37.3. The summed E-state index contributed by atoms with van der Waals surface area (Å²) < 4.78 is 33.1. The molecular formula is C66H124NO8P. The molecular weight excluding hydrogens is 966 g/mol. The van der Waals surface area contributed by atoms with Crippen LogP contribution >= 0.6 is 7.82 Å².